The van der Waals surface area contributed by atoms with Gasteiger partial charge in [-0.3, -0.25) is 0 Å². The van der Waals surface area contributed by atoms with E-state index < -0.39 is 10.0 Å². The predicted molar refractivity (Wildman–Crippen MR) is 81.8 cm³/mol. The van der Waals surface area contributed by atoms with Crippen LogP contribution < -0.4 is 4.72 Å². The quantitative estimate of drug-likeness (QED) is 0.896. The lowest BCUT2D eigenvalue weighted by molar-refractivity contribution is 0.363. The molecule has 22 heavy (non-hydrogen) atoms. The number of nitrogens with one attached hydrogen (secondary N) is 1. The molecule has 1 atom stereocenters. The summed E-state index contributed by atoms with van der Waals surface area (Å²) in [5.74, 6) is 1.36. The average molecular weight is 323 g/mol. The average Bonchev–Trinajstić information content (AvgIpc) is 3.13. The molecular weight excluding hydrogens is 302 g/mol. The fourth-order valence-corrected chi connectivity index (χ4v) is 3.69. The van der Waals surface area contributed by atoms with E-state index in [1.54, 1.807) is 23.3 Å². The number of hydrogen-bond donors (Lipinski definition) is 1. The van der Waals surface area contributed by atoms with Crippen molar-refractivity contribution in [2.24, 2.45) is 5.92 Å². The number of aromatic nitrogens is 4. The Bertz CT molecular complexity index is 747. The lowest BCUT2D eigenvalue weighted by Crippen LogP contribution is -2.33. The number of imidazole rings is 2. The van der Waals surface area contributed by atoms with Gasteiger partial charge in [0.25, 0.3) is 10.0 Å². The van der Waals surface area contributed by atoms with Crippen LogP contribution in [0.1, 0.15) is 32.1 Å². The molecule has 0 aliphatic carbocycles. The Morgan fingerprint density at radius 2 is 2.23 bits per heavy atom. The highest BCUT2D eigenvalue weighted by atomic mass is 32.2. The van der Waals surface area contributed by atoms with Crippen LogP contribution in [0.3, 0.4) is 0 Å². The zero-order chi connectivity index (χ0) is 15.7. The zero-order valence-corrected chi connectivity index (χ0v) is 13.6. The molecule has 120 valence electrons. The van der Waals surface area contributed by atoms with Crippen LogP contribution in [0.15, 0.2) is 29.9 Å². The molecule has 1 unspecified atom stereocenters. The molecule has 0 saturated heterocycles. The molecule has 1 aliphatic rings. The molecule has 0 bridgehead atoms. The minimum absolute atomic E-state index is 0.0836. The maximum absolute atomic E-state index is 12.3. The number of nitrogens with zero attached hydrogens (tertiary/aromatic N) is 4. The Hall–Kier alpha value is -1.67. The maximum atomic E-state index is 12.3. The fourth-order valence-electron chi connectivity index (χ4n) is 2.64. The van der Waals surface area contributed by atoms with Crippen LogP contribution in [0.25, 0.3) is 0 Å². The van der Waals surface area contributed by atoms with Crippen LogP contribution in [0.4, 0.5) is 0 Å². The van der Waals surface area contributed by atoms with Gasteiger partial charge in [-0.1, -0.05) is 0 Å². The van der Waals surface area contributed by atoms with Gasteiger partial charge in [0.15, 0.2) is 5.03 Å². The van der Waals surface area contributed by atoms with Gasteiger partial charge in [0.2, 0.25) is 0 Å². The van der Waals surface area contributed by atoms with Gasteiger partial charge in [0, 0.05) is 44.1 Å². The molecular formula is C14H21N5O2S. The summed E-state index contributed by atoms with van der Waals surface area (Å²) in [6, 6.07) is 0.189. The van der Waals surface area contributed by atoms with Crippen molar-refractivity contribution in [3.8, 4) is 0 Å². The van der Waals surface area contributed by atoms with Crippen molar-refractivity contribution in [3.63, 3.8) is 0 Å². The maximum Gasteiger partial charge on any atom is 0.259 e. The Labute approximate surface area is 130 Å². The number of fused-ring (bicyclic) bond motifs is 1. The summed E-state index contributed by atoms with van der Waals surface area (Å²) in [4.78, 5) is 8.28. The lowest BCUT2D eigenvalue weighted by Gasteiger charge is -2.23. The number of sulfonamides is 1. The third-order valence-corrected chi connectivity index (χ3v) is 5.35. The van der Waals surface area contributed by atoms with E-state index in [1.807, 2.05) is 20.0 Å². The van der Waals surface area contributed by atoms with Gasteiger partial charge in [-0.15, -0.1) is 0 Å². The van der Waals surface area contributed by atoms with Gasteiger partial charge >= 0.3 is 0 Å². The highest BCUT2D eigenvalue weighted by molar-refractivity contribution is 7.89. The molecule has 7 nitrogen and oxygen atoms in total. The summed E-state index contributed by atoms with van der Waals surface area (Å²) in [5.41, 5.74) is 0. The van der Waals surface area contributed by atoms with Gasteiger partial charge < -0.3 is 9.13 Å². The number of rotatable bonds is 5. The van der Waals surface area contributed by atoms with Crippen molar-refractivity contribution < 1.29 is 8.42 Å². The van der Waals surface area contributed by atoms with Gasteiger partial charge in [0.05, 0.1) is 6.33 Å². The highest BCUT2D eigenvalue weighted by Crippen LogP contribution is 2.19. The molecule has 2 aromatic heterocycles. The third kappa shape index (κ3) is 3.07. The second-order valence-electron chi connectivity index (χ2n) is 6.01. The van der Waals surface area contributed by atoms with E-state index in [-0.39, 0.29) is 17.0 Å². The van der Waals surface area contributed by atoms with Crippen molar-refractivity contribution in [3.05, 3.63) is 30.7 Å². The topological polar surface area (TPSA) is 81.8 Å². The van der Waals surface area contributed by atoms with Crippen molar-refractivity contribution in [2.75, 3.05) is 6.54 Å². The molecule has 1 N–H and O–H groups in total. The Kier molecular flexibility index (Phi) is 4.05. The Morgan fingerprint density at radius 3 is 2.95 bits per heavy atom. The summed E-state index contributed by atoms with van der Waals surface area (Å²) < 4.78 is 31.2. The SMILES string of the molecule is CC(C)n1cnc(S(=O)(=O)NCC2CCc3nccn3C2)c1. The number of hydrogen-bond acceptors (Lipinski definition) is 4. The van der Waals surface area contributed by atoms with Crippen LogP contribution in [0.5, 0.6) is 0 Å². The normalized spacial score (nSPS) is 18.6. The van der Waals surface area contributed by atoms with Crippen LogP contribution in [0, 0.1) is 5.92 Å². The van der Waals surface area contributed by atoms with Crippen molar-refractivity contribution >= 4 is 10.0 Å². The molecule has 0 aromatic carbocycles. The van der Waals surface area contributed by atoms with E-state index in [9.17, 15) is 8.42 Å². The molecule has 3 rings (SSSR count). The predicted octanol–water partition coefficient (Wildman–Crippen LogP) is 1.20. The van der Waals surface area contributed by atoms with Crippen molar-refractivity contribution in [2.45, 2.75) is 44.3 Å². The van der Waals surface area contributed by atoms with Gasteiger partial charge in [-0.05, 0) is 26.2 Å². The molecule has 3 heterocycles. The second-order valence-corrected chi connectivity index (χ2v) is 7.72. The monoisotopic (exact) mass is 323 g/mol. The summed E-state index contributed by atoms with van der Waals surface area (Å²) in [7, 11) is -3.54. The summed E-state index contributed by atoms with van der Waals surface area (Å²) >= 11 is 0. The number of aryl methyl sites for hydroxylation is 1. The van der Waals surface area contributed by atoms with Crippen LogP contribution >= 0.6 is 0 Å². The minimum atomic E-state index is -3.54. The van der Waals surface area contributed by atoms with E-state index in [2.05, 4.69) is 19.3 Å². The molecule has 0 saturated carbocycles. The molecule has 2 aromatic rings. The van der Waals surface area contributed by atoms with E-state index >= 15 is 0 Å². The van der Waals surface area contributed by atoms with Crippen LogP contribution in [0.2, 0.25) is 0 Å². The van der Waals surface area contributed by atoms with E-state index in [0.717, 1.165) is 25.2 Å². The largest absolute Gasteiger partial charge is 0.335 e. The van der Waals surface area contributed by atoms with Gasteiger partial charge in [-0.25, -0.2) is 23.1 Å². The summed E-state index contributed by atoms with van der Waals surface area (Å²) in [5, 5.41) is 0.0836. The first-order valence-corrected chi connectivity index (χ1v) is 8.97. The van der Waals surface area contributed by atoms with Crippen LogP contribution in [-0.4, -0.2) is 34.1 Å². The molecule has 0 amide bonds. The van der Waals surface area contributed by atoms with Crippen molar-refractivity contribution in [1.82, 2.24) is 23.8 Å². The molecule has 0 radical (unpaired) electrons. The zero-order valence-electron chi connectivity index (χ0n) is 12.8. The van der Waals surface area contributed by atoms with Gasteiger partial charge in [0.1, 0.15) is 5.82 Å². The Balaban J connectivity index is 1.63. The Morgan fingerprint density at radius 1 is 1.41 bits per heavy atom. The summed E-state index contributed by atoms with van der Waals surface area (Å²) in [6.45, 7) is 5.19. The molecule has 0 spiro atoms. The van der Waals surface area contributed by atoms with E-state index in [4.69, 9.17) is 0 Å². The summed E-state index contributed by atoms with van der Waals surface area (Å²) in [6.07, 6.45) is 8.70. The first kappa shape index (κ1) is 15.2. The first-order valence-electron chi connectivity index (χ1n) is 7.49. The molecule has 8 heteroatoms. The van der Waals surface area contributed by atoms with Crippen molar-refractivity contribution in [1.29, 1.82) is 0 Å². The third-order valence-electron chi connectivity index (χ3n) is 4.04. The second kappa shape index (κ2) is 5.85. The van der Waals surface area contributed by atoms with Gasteiger partial charge in [-0.2, -0.15) is 0 Å². The van der Waals surface area contributed by atoms with Crippen LogP contribution in [-0.2, 0) is 23.0 Å². The standard InChI is InChI=1S/C14H21N5O2S/c1-11(2)19-9-14(16-10-19)22(20,21)17-7-12-3-4-13-15-5-6-18(13)8-12/h5-6,9-12,17H,3-4,7-8H2,1-2H3. The highest BCUT2D eigenvalue weighted by Gasteiger charge is 2.23. The van der Waals surface area contributed by atoms with E-state index in [1.165, 1.54) is 0 Å². The lowest BCUT2D eigenvalue weighted by atomic mass is 10.00. The van der Waals surface area contributed by atoms with E-state index in [0.29, 0.717) is 6.54 Å². The molecule has 1 aliphatic heterocycles. The molecule has 0 fully saturated rings. The fraction of sp³-hybridized carbons (Fsp3) is 0.571. The first-order chi connectivity index (χ1) is 10.5. The smallest absolute Gasteiger partial charge is 0.259 e. The minimum Gasteiger partial charge on any atom is -0.335 e.